The highest BCUT2D eigenvalue weighted by atomic mass is 16.2. The van der Waals surface area contributed by atoms with Gasteiger partial charge in [-0.15, -0.1) is 0 Å². The highest BCUT2D eigenvalue weighted by Gasteiger charge is 2.25. The van der Waals surface area contributed by atoms with Crippen molar-refractivity contribution in [3.8, 4) is 0 Å². The maximum atomic E-state index is 13.0. The first-order valence-corrected chi connectivity index (χ1v) is 9.14. The Labute approximate surface area is 157 Å². The molecule has 2 aromatic heterocycles. The van der Waals surface area contributed by atoms with Gasteiger partial charge in [-0.1, -0.05) is 12.1 Å². The second kappa shape index (κ2) is 6.57. The summed E-state index contributed by atoms with van der Waals surface area (Å²) in [6, 6.07) is 7.78. The number of aromatic nitrogens is 3. The molecule has 0 spiro atoms. The molecule has 0 atom stereocenters. The van der Waals surface area contributed by atoms with Gasteiger partial charge in [0.1, 0.15) is 5.56 Å². The standard InChI is InChI=1S/C20H23N5O2/c1-13-5-4-6-17(15(13)3)23-7-9-24(10-8-23)20(27)16-12-21-25-18(26)11-14(2)22-19(16)25/h4-6,11-12,21H,7-10H2,1-3H3. The van der Waals surface area contributed by atoms with Crippen LogP contribution >= 0.6 is 0 Å². The first kappa shape index (κ1) is 17.3. The van der Waals surface area contributed by atoms with Crippen molar-refractivity contribution in [1.29, 1.82) is 0 Å². The maximum Gasteiger partial charge on any atom is 0.272 e. The molecule has 4 rings (SSSR count). The van der Waals surface area contributed by atoms with Crippen molar-refractivity contribution in [3.63, 3.8) is 0 Å². The minimum absolute atomic E-state index is 0.0909. The van der Waals surface area contributed by atoms with Crippen LogP contribution in [0.15, 0.2) is 35.3 Å². The van der Waals surface area contributed by atoms with Crippen molar-refractivity contribution in [2.24, 2.45) is 0 Å². The predicted molar refractivity (Wildman–Crippen MR) is 105 cm³/mol. The van der Waals surface area contributed by atoms with Gasteiger partial charge >= 0.3 is 0 Å². The predicted octanol–water partition coefficient (Wildman–Crippen LogP) is 1.91. The van der Waals surface area contributed by atoms with Crippen LogP contribution in [0.5, 0.6) is 0 Å². The Morgan fingerprint density at radius 2 is 1.85 bits per heavy atom. The van der Waals surface area contributed by atoms with Gasteiger partial charge in [0.2, 0.25) is 0 Å². The number of carbonyl (C=O) groups is 1. The lowest BCUT2D eigenvalue weighted by Gasteiger charge is -2.37. The SMILES string of the molecule is Cc1cc(=O)n2[nH]cc(C(=O)N3CCN(c4cccc(C)c4C)CC3)c2n1. The van der Waals surface area contributed by atoms with E-state index in [-0.39, 0.29) is 11.5 Å². The number of hydrogen-bond acceptors (Lipinski definition) is 4. The van der Waals surface area contributed by atoms with Gasteiger partial charge in [-0.3, -0.25) is 14.7 Å². The topological polar surface area (TPSA) is 73.7 Å². The number of nitrogens with one attached hydrogen (secondary N) is 1. The van der Waals surface area contributed by atoms with Crippen molar-refractivity contribution in [2.75, 3.05) is 31.1 Å². The van der Waals surface area contributed by atoms with Crippen LogP contribution in [0.3, 0.4) is 0 Å². The van der Waals surface area contributed by atoms with E-state index in [1.165, 1.54) is 27.4 Å². The third-order valence-corrected chi connectivity index (χ3v) is 5.34. The van der Waals surface area contributed by atoms with Crippen molar-refractivity contribution in [1.82, 2.24) is 19.5 Å². The van der Waals surface area contributed by atoms with Gasteiger partial charge in [0.05, 0.1) is 0 Å². The molecule has 1 saturated heterocycles. The zero-order valence-corrected chi connectivity index (χ0v) is 15.8. The second-order valence-corrected chi connectivity index (χ2v) is 7.08. The molecule has 1 aliphatic heterocycles. The minimum Gasteiger partial charge on any atom is -0.368 e. The van der Waals surface area contributed by atoms with Gasteiger partial charge in [0.15, 0.2) is 5.65 Å². The van der Waals surface area contributed by atoms with Crippen LogP contribution in [-0.4, -0.2) is 51.6 Å². The molecule has 1 N–H and O–H groups in total. The van der Waals surface area contributed by atoms with Crippen LogP contribution in [0, 0.1) is 20.8 Å². The molecule has 7 nitrogen and oxygen atoms in total. The van der Waals surface area contributed by atoms with Gasteiger partial charge in [-0.05, 0) is 38.0 Å². The number of aryl methyl sites for hydroxylation is 2. The van der Waals surface area contributed by atoms with Gasteiger partial charge < -0.3 is 9.80 Å². The summed E-state index contributed by atoms with van der Waals surface area (Å²) in [6.07, 6.45) is 1.57. The summed E-state index contributed by atoms with van der Waals surface area (Å²) in [6.45, 7) is 8.85. The molecular weight excluding hydrogens is 342 g/mol. The Bertz CT molecular complexity index is 1070. The summed E-state index contributed by atoms with van der Waals surface area (Å²) in [5, 5.41) is 2.84. The first-order chi connectivity index (χ1) is 13.0. The fourth-order valence-corrected chi connectivity index (χ4v) is 3.65. The van der Waals surface area contributed by atoms with E-state index in [1.807, 2.05) is 4.90 Å². The van der Waals surface area contributed by atoms with E-state index in [1.54, 1.807) is 13.1 Å². The van der Waals surface area contributed by atoms with E-state index in [2.05, 4.69) is 47.0 Å². The van der Waals surface area contributed by atoms with Crippen LogP contribution in [0.2, 0.25) is 0 Å². The van der Waals surface area contributed by atoms with Crippen molar-refractivity contribution < 1.29 is 4.79 Å². The van der Waals surface area contributed by atoms with E-state index >= 15 is 0 Å². The summed E-state index contributed by atoms with van der Waals surface area (Å²) in [5.41, 5.74) is 5.02. The van der Waals surface area contributed by atoms with Crippen LogP contribution in [-0.2, 0) is 0 Å². The Hall–Kier alpha value is -3.09. The zero-order valence-electron chi connectivity index (χ0n) is 15.8. The second-order valence-electron chi connectivity index (χ2n) is 7.08. The molecule has 7 heteroatoms. The fourth-order valence-electron chi connectivity index (χ4n) is 3.65. The Morgan fingerprint density at radius 3 is 2.59 bits per heavy atom. The molecule has 0 aliphatic carbocycles. The van der Waals surface area contributed by atoms with Crippen LogP contribution in [0.4, 0.5) is 5.69 Å². The molecule has 0 unspecified atom stereocenters. The number of hydrogen-bond donors (Lipinski definition) is 1. The highest BCUT2D eigenvalue weighted by molar-refractivity contribution is 5.99. The summed E-state index contributed by atoms with van der Waals surface area (Å²) in [7, 11) is 0. The Morgan fingerprint density at radius 1 is 1.11 bits per heavy atom. The molecule has 140 valence electrons. The van der Waals surface area contributed by atoms with Crippen LogP contribution in [0.25, 0.3) is 5.65 Å². The van der Waals surface area contributed by atoms with Gasteiger partial charge in [0, 0.05) is 49.8 Å². The number of piperazine rings is 1. The van der Waals surface area contributed by atoms with Gasteiger partial charge in [-0.2, -0.15) is 0 Å². The summed E-state index contributed by atoms with van der Waals surface area (Å²) in [5.74, 6) is -0.0909. The van der Waals surface area contributed by atoms with Gasteiger partial charge in [0.25, 0.3) is 11.5 Å². The third kappa shape index (κ3) is 2.99. The van der Waals surface area contributed by atoms with Crippen molar-refractivity contribution in [3.05, 3.63) is 63.2 Å². The first-order valence-electron chi connectivity index (χ1n) is 9.14. The summed E-state index contributed by atoms with van der Waals surface area (Å²) in [4.78, 5) is 33.6. The molecule has 0 saturated carbocycles. The van der Waals surface area contributed by atoms with E-state index in [9.17, 15) is 9.59 Å². The normalized spacial score (nSPS) is 14.8. The van der Waals surface area contributed by atoms with E-state index in [0.29, 0.717) is 30.0 Å². The third-order valence-electron chi connectivity index (χ3n) is 5.34. The molecular formula is C20H23N5O2. The van der Waals surface area contributed by atoms with Crippen LogP contribution < -0.4 is 10.5 Å². The number of carbonyl (C=O) groups excluding carboxylic acids is 1. The number of anilines is 1. The van der Waals surface area contributed by atoms with Crippen molar-refractivity contribution >= 4 is 17.2 Å². The largest absolute Gasteiger partial charge is 0.368 e. The van der Waals surface area contributed by atoms with E-state index in [0.717, 1.165) is 13.1 Å². The zero-order chi connectivity index (χ0) is 19.1. The number of aromatic amines is 1. The minimum atomic E-state index is -0.212. The lowest BCUT2D eigenvalue weighted by atomic mass is 10.1. The fraction of sp³-hybridized carbons (Fsp3) is 0.350. The Kier molecular flexibility index (Phi) is 4.22. The van der Waals surface area contributed by atoms with Gasteiger partial charge in [-0.25, -0.2) is 9.50 Å². The molecule has 1 aliphatic rings. The molecule has 3 heterocycles. The monoisotopic (exact) mass is 365 g/mol. The number of H-pyrrole nitrogens is 1. The number of fused-ring (bicyclic) bond motifs is 1. The maximum absolute atomic E-state index is 13.0. The molecule has 1 aromatic carbocycles. The lowest BCUT2D eigenvalue weighted by Crippen LogP contribution is -2.49. The lowest BCUT2D eigenvalue weighted by molar-refractivity contribution is 0.0748. The quantitative estimate of drug-likeness (QED) is 0.753. The van der Waals surface area contributed by atoms with Crippen molar-refractivity contribution in [2.45, 2.75) is 20.8 Å². The molecule has 0 radical (unpaired) electrons. The van der Waals surface area contributed by atoms with E-state index in [4.69, 9.17) is 0 Å². The number of nitrogens with zero attached hydrogens (tertiary/aromatic N) is 4. The van der Waals surface area contributed by atoms with Crippen LogP contribution in [0.1, 0.15) is 27.2 Å². The molecule has 27 heavy (non-hydrogen) atoms. The summed E-state index contributed by atoms with van der Waals surface area (Å²) >= 11 is 0. The average Bonchev–Trinajstić information content (AvgIpc) is 3.08. The Balaban J connectivity index is 1.54. The number of rotatable bonds is 2. The highest BCUT2D eigenvalue weighted by Crippen LogP contribution is 2.24. The molecule has 1 amide bonds. The summed E-state index contributed by atoms with van der Waals surface area (Å²) < 4.78 is 1.31. The number of amides is 1. The number of benzene rings is 1. The smallest absolute Gasteiger partial charge is 0.272 e. The molecule has 3 aromatic rings. The average molecular weight is 365 g/mol. The molecule has 0 bridgehead atoms. The van der Waals surface area contributed by atoms with E-state index < -0.39 is 0 Å². The molecule has 1 fully saturated rings.